The standard InChI is InChI=1S/C34H43N3O3.ClH/c1-3-36(4-2)26-15-5-6-16-27-40-34(35-32(38)29-19-9-7-10-20-29)25-17-23-28-18-13-14-24-31(28)37(34)33(39)30-21-11-8-12-22-30;/h7-14,18-22,24H,3-6,15-17,23,25-27H2,1-2H3,(H,35,38);1H. The van der Waals surface area contributed by atoms with E-state index in [0.717, 1.165) is 69.4 Å². The first kappa shape index (κ1) is 32.3. The van der Waals surface area contributed by atoms with Crippen molar-refractivity contribution in [3.8, 4) is 0 Å². The van der Waals surface area contributed by atoms with Crippen molar-refractivity contribution in [1.29, 1.82) is 0 Å². The Kier molecular flexibility index (Phi) is 12.9. The second-order valence-electron chi connectivity index (χ2n) is 10.4. The van der Waals surface area contributed by atoms with Crippen LogP contribution >= 0.6 is 12.4 Å². The molecule has 0 spiro atoms. The zero-order chi connectivity index (χ0) is 28.2. The highest BCUT2D eigenvalue weighted by molar-refractivity contribution is 6.08. The molecule has 1 aliphatic rings. The molecule has 4 rings (SSSR count). The third-order valence-electron chi connectivity index (χ3n) is 7.73. The number of halogens is 1. The van der Waals surface area contributed by atoms with Gasteiger partial charge in [-0.1, -0.05) is 81.3 Å². The van der Waals surface area contributed by atoms with Crippen molar-refractivity contribution in [3.05, 3.63) is 102 Å². The molecule has 6 nitrogen and oxygen atoms in total. The summed E-state index contributed by atoms with van der Waals surface area (Å²) in [4.78, 5) is 32.0. The summed E-state index contributed by atoms with van der Waals surface area (Å²) >= 11 is 0. The summed E-state index contributed by atoms with van der Waals surface area (Å²) in [5.74, 6) is -1.76. The van der Waals surface area contributed by atoms with E-state index in [0.29, 0.717) is 24.2 Å². The summed E-state index contributed by atoms with van der Waals surface area (Å²) in [5, 5.41) is 3.20. The van der Waals surface area contributed by atoms with E-state index in [4.69, 9.17) is 4.74 Å². The second-order valence-corrected chi connectivity index (χ2v) is 10.4. The zero-order valence-electron chi connectivity index (χ0n) is 24.4. The number of amides is 2. The van der Waals surface area contributed by atoms with Gasteiger partial charge < -0.3 is 15.0 Å². The van der Waals surface area contributed by atoms with Crippen LogP contribution in [-0.2, 0) is 11.2 Å². The fourth-order valence-electron chi connectivity index (χ4n) is 5.45. The van der Waals surface area contributed by atoms with Gasteiger partial charge in [0.2, 0.25) is 5.85 Å². The molecule has 0 saturated heterocycles. The van der Waals surface area contributed by atoms with E-state index < -0.39 is 5.85 Å². The number of unbranched alkanes of at least 4 members (excludes halogenated alkanes) is 3. The van der Waals surface area contributed by atoms with Gasteiger partial charge in [-0.3, -0.25) is 14.5 Å². The maximum absolute atomic E-state index is 14.2. The highest BCUT2D eigenvalue weighted by atomic mass is 35.5. The average molecular weight is 578 g/mol. The molecule has 1 atom stereocenters. The van der Waals surface area contributed by atoms with Gasteiger partial charge in [0, 0.05) is 17.5 Å². The molecule has 3 aromatic rings. The number of hydrogen-bond acceptors (Lipinski definition) is 4. The molecule has 0 saturated carbocycles. The van der Waals surface area contributed by atoms with Crippen LogP contribution < -0.4 is 10.2 Å². The van der Waals surface area contributed by atoms with Gasteiger partial charge in [-0.25, -0.2) is 0 Å². The van der Waals surface area contributed by atoms with Crippen molar-refractivity contribution in [2.45, 2.75) is 64.6 Å². The molecule has 1 unspecified atom stereocenters. The first-order chi connectivity index (χ1) is 19.6. The number of ether oxygens (including phenoxy) is 1. The molecule has 0 fully saturated rings. The number of nitrogens with zero attached hydrogens (tertiary/aromatic N) is 2. The summed E-state index contributed by atoms with van der Waals surface area (Å²) < 4.78 is 6.69. The number of anilines is 1. The minimum absolute atomic E-state index is 0. The first-order valence-electron chi connectivity index (χ1n) is 14.8. The number of fused-ring (bicyclic) bond motifs is 1. The van der Waals surface area contributed by atoms with Gasteiger partial charge >= 0.3 is 0 Å². The van der Waals surface area contributed by atoms with Crippen molar-refractivity contribution in [2.75, 3.05) is 31.1 Å². The Morgan fingerprint density at radius 2 is 1.44 bits per heavy atom. The van der Waals surface area contributed by atoms with E-state index in [1.54, 1.807) is 17.0 Å². The van der Waals surface area contributed by atoms with Crippen molar-refractivity contribution >= 4 is 29.9 Å². The SMILES string of the molecule is CCN(CC)CCCCCCOC1(NC(=O)c2ccccc2)CCCc2ccccc2N1C(=O)c1ccccc1.Cl. The number of carbonyl (C=O) groups is 2. The van der Waals surface area contributed by atoms with Gasteiger partial charge in [-0.2, -0.15) is 0 Å². The molecule has 0 aromatic heterocycles. The molecular weight excluding hydrogens is 534 g/mol. The average Bonchev–Trinajstić information content (AvgIpc) is 3.15. The van der Waals surface area contributed by atoms with Crippen LogP contribution in [0.2, 0.25) is 0 Å². The van der Waals surface area contributed by atoms with Crippen LogP contribution in [0.25, 0.3) is 0 Å². The topological polar surface area (TPSA) is 61.9 Å². The summed E-state index contributed by atoms with van der Waals surface area (Å²) in [5.41, 5.74) is 2.94. The fourth-order valence-corrected chi connectivity index (χ4v) is 5.45. The number of aryl methyl sites for hydroxylation is 1. The summed E-state index contributed by atoms with van der Waals surface area (Å²) in [6.07, 6.45) is 6.23. The fraction of sp³-hybridized carbons (Fsp3) is 0.412. The molecule has 0 aliphatic carbocycles. The lowest BCUT2D eigenvalue weighted by Crippen LogP contribution is -2.64. The molecule has 2 amide bonds. The van der Waals surface area contributed by atoms with Crippen LogP contribution in [0.1, 0.15) is 78.7 Å². The zero-order valence-corrected chi connectivity index (χ0v) is 25.2. The predicted octanol–water partition coefficient (Wildman–Crippen LogP) is 7.09. The lowest BCUT2D eigenvalue weighted by molar-refractivity contribution is -0.0685. The van der Waals surface area contributed by atoms with Gasteiger partial charge in [-0.05, 0) is 81.2 Å². The van der Waals surface area contributed by atoms with Crippen molar-refractivity contribution in [3.63, 3.8) is 0 Å². The van der Waals surface area contributed by atoms with Crippen LogP contribution in [-0.4, -0.2) is 48.8 Å². The molecular formula is C34H44ClN3O3. The molecule has 220 valence electrons. The number of para-hydroxylation sites is 1. The Morgan fingerprint density at radius 1 is 0.829 bits per heavy atom. The minimum atomic E-state index is -1.31. The van der Waals surface area contributed by atoms with E-state index in [2.05, 4.69) is 30.1 Å². The lowest BCUT2D eigenvalue weighted by Gasteiger charge is -2.43. The van der Waals surface area contributed by atoms with Gasteiger partial charge in [0.1, 0.15) is 0 Å². The molecule has 0 radical (unpaired) electrons. The highest BCUT2D eigenvalue weighted by Gasteiger charge is 2.45. The molecule has 3 aromatic carbocycles. The molecule has 7 heteroatoms. The predicted molar refractivity (Wildman–Crippen MR) is 169 cm³/mol. The number of benzene rings is 3. The Bertz CT molecular complexity index is 1220. The van der Waals surface area contributed by atoms with Gasteiger partial charge in [-0.15, -0.1) is 12.4 Å². The number of hydrogen-bond donors (Lipinski definition) is 1. The third kappa shape index (κ3) is 8.41. The summed E-state index contributed by atoms with van der Waals surface area (Å²) in [6, 6.07) is 26.4. The van der Waals surface area contributed by atoms with E-state index in [-0.39, 0.29) is 24.2 Å². The van der Waals surface area contributed by atoms with Crippen LogP contribution in [0.4, 0.5) is 5.69 Å². The monoisotopic (exact) mass is 577 g/mol. The van der Waals surface area contributed by atoms with Crippen molar-refractivity contribution < 1.29 is 14.3 Å². The van der Waals surface area contributed by atoms with Crippen molar-refractivity contribution in [1.82, 2.24) is 10.2 Å². The first-order valence-corrected chi connectivity index (χ1v) is 14.8. The Balaban J connectivity index is 0.00000462. The number of carbonyl (C=O) groups excluding carboxylic acids is 2. The van der Waals surface area contributed by atoms with Gasteiger partial charge in [0.25, 0.3) is 11.8 Å². The summed E-state index contributed by atoms with van der Waals surface area (Å²) in [6.45, 7) is 8.12. The van der Waals surface area contributed by atoms with E-state index in [1.165, 1.54) is 0 Å². The molecule has 41 heavy (non-hydrogen) atoms. The quantitative estimate of drug-likeness (QED) is 0.174. The maximum atomic E-state index is 14.2. The van der Waals surface area contributed by atoms with Crippen LogP contribution in [0.5, 0.6) is 0 Å². The van der Waals surface area contributed by atoms with E-state index in [9.17, 15) is 9.59 Å². The Morgan fingerprint density at radius 3 is 2.12 bits per heavy atom. The molecule has 1 N–H and O–H groups in total. The van der Waals surface area contributed by atoms with Crippen molar-refractivity contribution in [2.24, 2.45) is 0 Å². The van der Waals surface area contributed by atoms with Gasteiger partial charge in [0.05, 0.1) is 12.3 Å². The number of rotatable bonds is 13. The molecule has 1 heterocycles. The van der Waals surface area contributed by atoms with Gasteiger partial charge in [0.15, 0.2) is 0 Å². The minimum Gasteiger partial charge on any atom is -0.338 e. The van der Waals surface area contributed by atoms with E-state index >= 15 is 0 Å². The largest absolute Gasteiger partial charge is 0.338 e. The summed E-state index contributed by atoms with van der Waals surface area (Å²) in [7, 11) is 0. The maximum Gasteiger partial charge on any atom is 0.262 e. The number of nitrogens with one attached hydrogen (secondary N) is 1. The lowest BCUT2D eigenvalue weighted by atomic mass is 10.1. The van der Waals surface area contributed by atoms with Crippen LogP contribution in [0, 0.1) is 0 Å². The molecule has 0 bridgehead atoms. The van der Waals surface area contributed by atoms with E-state index in [1.807, 2.05) is 66.7 Å². The smallest absolute Gasteiger partial charge is 0.262 e. The normalized spacial score (nSPS) is 16.4. The highest BCUT2D eigenvalue weighted by Crippen LogP contribution is 2.37. The third-order valence-corrected chi connectivity index (χ3v) is 7.73. The molecule has 1 aliphatic heterocycles. The van der Waals surface area contributed by atoms with Crippen LogP contribution in [0.3, 0.4) is 0 Å². The Labute approximate surface area is 251 Å². The van der Waals surface area contributed by atoms with Crippen LogP contribution in [0.15, 0.2) is 84.9 Å². The second kappa shape index (κ2) is 16.3. The Hall–Kier alpha value is -3.19.